The highest BCUT2D eigenvalue weighted by Crippen LogP contribution is 2.21. The van der Waals surface area contributed by atoms with E-state index in [0.29, 0.717) is 6.54 Å². The van der Waals surface area contributed by atoms with Crippen molar-refractivity contribution in [3.63, 3.8) is 0 Å². The summed E-state index contributed by atoms with van der Waals surface area (Å²) in [5.74, 6) is -0.238. The van der Waals surface area contributed by atoms with Crippen LogP contribution in [0.15, 0.2) is 48.5 Å². The second-order valence-corrected chi connectivity index (χ2v) is 4.30. The summed E-state index contributed by atoms with van der Waals surface area (Å²) < 4.78 is 13.2. The Morgan fingerprint density at radius 1 is 1.17 bits per heavy atom. The number of anilines is 1. The second kappa shape index (κ2) is 5.65. The van der Waals surface area contributed by atoms with Gasteiger partial charge in [-0.25, -0.2) is 4.39 Å². The van der Waals surface area contributed by atoms with E-state index < -0.39 is 0 Å². The predicted octanol–water partition coefficient (Wildman–Crippen LogP) is 3.25. The standard InChI is InChI=1S/C15H17FN2/c1-11-5-2-3-8-14(11)18-15(10-17)12-6-4-7-13(16)9-12/h2-9,15,18H,10,17H2,1H3. The first kappa shape index (κ1) is 12.6. The number of nitrogens with one attached hydrogen (secondary N) is 1. The number of halogens is 1. The molecule has 1 unspecified atom stereocenters. The molecule has 0 heterocycles. The van der Waals surface area contributed by atoms with Gasteiger partial charge in [-0.2, -0.15) is 0 Å². The summed E-state index contributed by atoms with van der Waals surface area (Å²) in [4.78, 5) is 0. The van der Waals surface area contributed by atoms with E-state index in [1.54, 1.807) is 6.07 Å². The first-order valence-corrected chi connectivity index (χ1v) is 5.98. The number of hydrogen-bond acceptors (Lipinski definition) is 2. The third-order valence-electron chi connectivity index (χ3n) is 2.96. The Bertz CT molecular complexity index is 525. The van der Waals surface area contributed by atoms with Crippen molar-refractivity contribution in [3.05, 3.63) is 65.5 Å². The molecule has 0 fully saturated rings. The Labute approximate surface area is 107 Å². The highest BCUT2D eigenvalue weighted by molar-refractivity contribution is 5.52. The molecule has 94 valence electrons. The summed E-state index contributed by atoms with van der Waals surface area (Å²) in [7, 11) is 0. The maximum atomic E-state index is 13.2. The summed E-state index contributed by atoms with van der Waals surface area (Å²) in [5, 5.41) is 3.35. The molecule has 0 aliphatic heterocycles. The quantitative estimate of drug-likeness (QED) is 0.866. The first-order valence-electron chi connectivity index (χ1n) is 5.98. The Morgan fingerprint density at radius 3 is 2.61 bits per heavy atom. The van der Waals surface area contributed by atoms with Crippen LogP contribution < -0.4 is 11.1 Å². The summed E-state index contributed by atoms with van der Waals surface area (Å²) in [5.41, 5.74) is 8.80. The van der Waals surface area contributed by atoms with Gasteiger partial charge in [0, 0.05) is 12.2 Å². The van der Waals surface area contributed by atoms with Crippen molar-refractivity contribution in [2.24, 2.45) is 5.73 Å². The van der Waals surface area contributed by atoms with Gasteiger partial charge in [0.15, 0.2) is 0 Å². The molecule has 0 radical (unpaired) electrons. The molecule has 0 spiro atoms. The van der Waals surface area contributed by atoms with E-state index >= 15 is 0 Å². The van der Waals surface area contributed by atoms with Crippen LogP contribution in [0.4, 0.5) is 10.1 Å². The summed E-state index contributed by atoms with van der Waals surface area (Å²) in [6, 6.07) is 14.4. The number of benzene rings is 2. The monoisotopic (exact) mass is 244 g/mol. The number of para-hydroxylation sites is 1. The van der Waals surface area contributed by atoms with E-state index in [2.05, 4.69) is 5.32 Å². The minimum absolute atomic E-state index is 0.0817. The van der Waals surface area contributed by atoms with Gasteiger partial charge in [0.05, 0.1) is 6.04 Å². The van der Waals surface area contributed by atoms with Gasteiger partial charge in [-0.1, -0.05) is 30.3 Å². The van der Waals surface area contributed by atoms with Gasteiger partial charge in [-0.15, -0.1) is 0 Å². The lowest BCUT2D eigenvalue weighted by atomic mass is 10.1. The van der Waals surface area contributed by atoms with Crippen LogP contribution in [0.25, 0.3) is 0 Å². The van der Waals surface area contributed by atoms with Crippen LogP contribution in [-0.4, -0.2) is 6.54 Å². The van der Waals surface area contributed by atoms with Crippen LogP contribution in [0, 0.1) is 12.7 Å². The Morgan fingerprint density at radius 2 is 1.94 bits per heavy atom. The topological polar surface area (TPSA) is 38.0 Å². The lowest BCUT2D eigenvalue weighted by Gasteiger charge is -2.20. The van der Waals surface area contributed by atoms with Crippen molar-refractivity contribution in [3.8, 4) is 0 Å². The average Bonchev–Trinajstić information content (AvgIpc) is 2.38. The fourth-order valence-corrected chi connectivity index (χ4v) is 1.92. The van der Waals surface area contributed by atoms with Crippen LogP contribution in [0.5, 0.6) is 0 Å². The van der Waals surface area contributed by atoms with Crippen molar-refractivity contribution in [2.45, 2.75) is 13.0 Å². The van der Waals surface area contributed by atoms with E-state index in [1.807, 2.05) is 37.3 Å². The van der Waals surface area contributed by atoms with Crippen molar-refractivity contribution >= 4 is 5.69 Å². The first-order chi connectivity index (χ1) is 8.70. The van der Waals surface area contributed by atoms with E-state index in [-0.39, 0.29) is 11.9 Å². The molecule has 2 aromatic rings. The van der Waals surface area contributed by atoms with Crippen LogP contribution in [-0.2, 0) is 0 Å². The minimum atomic E-state index is -0.238. The molecule has 3 N–H and O–H groups in total. The lowest BCUT2D eigenvalue weighted by molar-refractivity contribution is 0.622. The molecule has 2 nitrogen and oxygen atoms in total. The fraction of sp³-hybridized carbons (Fsp3) is 0.200. The van der Waals surface area contributed by atoms with Crippen LogP contribution in [0.2, 0.25) is 0 Å². The van der Waals surface area contributed by atoms with Crippen molar-refractivity contribution in [1.82, 2.24) is 0 Å². The van der Waals surface area contributed by atoms with Crippen LogP contribution in [0.3, 0.4) is 0 Å². The molecule has 0 aliphatic rings. The second-order valence-electron chi connectivity index (χ2n) is 4.30. The van der Waals surface area contributed by atoms with Crippen LogP contribution >= 0.6 is 0 Å². The third kappa shape index (κ3) is 2.87. The highest BCUT2D eigenvalue weighted by atomic mass is 19.1. The third-order valence-corrected chi connectivity index (χ3v) is 2.96. The molecule has 0 saturated heterocycles. The van der Waals surface area contributed by atoms with Gasteiger partial charge in [0.25, 0.3) is 0 Å². The van der Waals surface area contributed by atoms with Crippen LogP contribution in [0.1, 0.15) is 17.2 Å². The fourth-order valence-electron chi connectivity index (χ4n) is 1.92. The molecule has 0 bridgehead atoms. The summed E-state index contributed by atoms with van der Waals surface area (Å²) in [6.45, 7) is 2.44. The van der Waals surface area contributed by atoms with Crippen molar-refractivity contribution in [1.29, 1.82) is 0 Å². The largest absolute Gasteiger partial charge is 0.377 e. The molecule has 2 aromatic carbocycles. The normalized spacial score (nSPS) is 12.2. The number of hydrogen-bond donors (Lipinski definition) is 2. The molecule has 0 aromatic heterocycles. The molecular formula is C15H17FN2. The van der Waals surface area contributed by atoms with E-state index in [1.165, 1.54) is 12.1 Å². The maximum Gasteiger partial charge on any atom is 0.123 e. The molecular weight excluding hydrogens is 227 g/mol. The zero-order valence-electron chi connectivity index (χ0n) is 10.4. The van der Waals surface area contributed by atoms with Gasteiger partial charge in [0.1, 0.15) is 5.82 Å². The van der Waals surface area contributed by atoms with Gasteiger partial charge in [0.2, 0.25) is 0 Å². The van der Waals surface area contributed by atoms with Gasteiger partial charge in [-0.3, -0.25) is 0 Å². The number of aryl methyl sites for hydroxylation is 1. The molecule has 0 saturated carbocycles. The van der Waals surface area contributed by atoms with Gasteiger partial charge >= 0.3 is 0 Å². The van der Waals surface area contributed by atoms with Crippen molar-refractivity contribution < 1.29 is 4.39 Å². The minimum Gasteiger partial charge on any atom is -0.377 e. The van der Waals surface area contributed by atoms with E-state index in [4.69, 9.17) is 5.73 Å². The smallest absolute Gasteiger partial charge is 0.123 e. The zero-order chi connectivity index (χ0) is 13.0. The van der Waals surface area contributed by atoms with Crippen molar-refractivity contribution in [2.75, 3.05) is 11.9 Å². The van der Waals surface area contributed by atoms with Gasteiger partial charge in [-0.05, 0) is 36.2 Å². The molecule has 3 heteroatoms. The highest BCUT2D eigenvalue weighted by Gasteiger charge is 2.10. The summed E-state index contributed by atoms with van der Waals surface area (Å²) in [6.07, 6.45) is 0. The summed E-state index contributed by atoms with van der Waals surface area (Å²) >= 11 is 0. The maximum absolute atomic E-state index is 13.2. The number of rotatable bonds is 4. The molecule has 18 heavy (non-hydrogen) atoms. The molecule has 0 aliphatic carbocycles. The molecule has 0 amide bonds. The predicted molar refractivity (Wildman–Crippen MR) is 73.0 cm³/mol. The van der Waals surface area contributed by atoms with E-state index in [0.717, 1.165) is 16.8 Å². The molecule has 1 atom stereocenters. The van der Waals surface area contributed by atoms with Gasteiger partial charge < -0.3 is 11.1 Å². The SMILES string of the molecule is Cc1ccccc1NC(CN)c1cccc(F)c1. The van der Waals surface area contributed by atoms with E-state index in [9.17, 15) is 4.39 Å². The Hall–Kier alpha value is -1.87. The average molecular weight is 244 g/mol. The Kier molecular flexibility index (Phi) is 3.95. The number of nitrogens with two attached hydrogens (primary N) is 1. The lowest BCUT2D eigenvalue weighted by Crippen LogP contribution is -2.21. The Balaban J connectivity index is 2.23. The zero-order valence-corrected chi connectivity index (χ0v) is 10.4. The molecule has 2 rings (SSSR count).